The molecule has 0 bridgehead atoms. The van der Waals surface area contributed by atoms with Crippen LogP contribution in [0, 0.1) is 0 Å². The van der Waals surface area contributed by atoms with Crippen molar-refractivity contribution in [3.63, 3.8) is 0 Å². The van der Waals surface area contributed by atoms with Crippen LogP contribution in [0.4, 0.5) is 5.69 Å². The molecule has 0 radical (unpaired) electrons. The SMILES string of the molecule is CCn1c(=O)oc2ccc(N=C=O)cc21. The standard InChI is InChI=1S/C10H8N2O3/c1-2-12-8-5-7(11-6-13)3-4-9(8)15-10(12)14/h3-5H,2H2,1H3. The van der Waals surface area contributed by atoms with Crippen LogP contribution in [0.25, 0.3) is 11.1 Å². The summed E-state index contributed by atoms with van der Waals surface area (Å²) in [6.45, 7) is 2.35. The van der Waals surface area contributed by atoms with Gasteiger partial charge >= 0.3 is 5.76 Å². The number of nitrogens with zero attached hydrogens (tertiary/aromatic N) is 2. The van der Waals surface area contributed by atoms with Crippen LogP contribution in [-0.4, -0.2) is 10.6 Å². The van der Waals surface area contributed by atoms with Crippen LogP contribution >= 0.6 is 0 Å². The van der Waals surface area contributed by atoms with Gasteiger partial charge in [-0.1, -0.05) is 0 Å². The second-order valence-corrected chi connectivity index (χ2v) is 2.97. The summed E-state index contributed by atoms with van der Waals surface area (Å²) in [7, 11) is 0. The second-order valence-electron chi connectivity index (χ2n) is 2.97. The number of carbonyl (C=O) groups excluding carboxylic acids is 1. The number of aliphatic imine (C=N–C) groups is 1. The van der Waals surface area contributed by atoms with Crippen molar-refractivity contribution in [1.82, 2.24) is 4.57 Å². The molecule has 0 aliphatic rings. The zero-order valence-electron chi connectivity index (χ0n) is 8.06. The Morgan fingerprint density at radius 1 is 1.53 bits per heavy atom. The van der Waals surface area contributed by atoms with E-state index in [4.69, 9.17) is 4.42 Å². The van der Waals surface area contributed by atoms with E-state index in [1.54, 1.807) is 18.2 Å². The maximum Gasteiger partial charge on any atom is 0.419 e. The summed E-state index contributed by atoms with van der Waals surface area (Å²) in [6.07, 6.45) is 1.45. The quantitative estimate of drug-likeness (QED) is 0.551. The Labute approximate surface area is 84.7 Å². The van der Waals surface area contributed by atoms with Crippen molar-refractivity contribution in [2.45, 2.75) is 13.5 Å². The fraction of sp³-hybridized carbons (Fsp3) is 0.200. The van der Waals surface area contributed by atoms with Gasteiger partial charge in [-0.25, -0.2) is 9.59 Å². The van der Waals surface area contributed by atoms with Crippen LogP contribution in [-0.2, 0) is 11.3 Å². The number of aryl methyl sites for hydroxylation is 1. The molecule has 0 amide bonds. The Morgan fingerprint density at radius 3 is 3.00 bits per heavy atom. The fourth-order valence-corrected chi connectivity index (χ4v) is 1.47. The molecule has 1 heterocycles. The van der Waals surface area contributed by atoms with Gasteiger partial charge in [0.25, 0.3) is 0 Å². The lowest BCUT2D eigenvalue weighted by Crippen LogP contribution is -2.11. The van der Waals surface area contributed by atoms with Crippen LogP contribution in [0.5, 0.6) is 0 Å². The molecule has 5 heteroatoms. The molecule has 1 aromatic carbocycles. The monoisotopic (exact) mass is 204 g/mol. The summed E-state index contributed by atoms with van der Waals surface area (Å²) in [4.78, 5) is 24.9. The highest BCUT2D eigenvalue weighted by Gasteiger charge is 2.07. The molecule has 0 aliphatic carbocycles. The molecule has 0 N–H and O–H groups in total. The largest absolute Gasteiger partial charge is 0.419 e. The second kappa shape index (κ2) is 3.55. The molecule has 0 atom stereocenters. The average molecular weight is 204 g/mol. The maximum absolute atomic E-state index is 11.3. The highest BCUT2D eigenvalue weighted by Crippen LogP contribution is 2.19. The van der Waals surface area contributed by atoms with Gasteiger partial charge in [0, 0.05) is 6.54 Å². The normalized spacial score (nSPS) is 10.2. The van der Waals surface area contributed by atoms with Gasteiger partial charge in [0.05, 0.1) is 11.2 Å². The molecule has 0 fully saturated rings. The Morgan fingerprint density at radius 2 is 2.33 bits per heavy atom. The molecule has 2 rings (SSSR count). The third kappa shape index (κ3) is 1.49. The predicted molar refractivity (Wildman–Crippen MR) is 53.9 cm³/mol. The van der Waals surface area contributed by atoms with Gasteiger partial charge in [0.2, 0.25) is 6.08 Å². The zero-order chi connectivity index (χ0) is 10.8. The third-order valence-electron chi connectivity index (χ3n) is 2.14. The molecular weight excluding hydrogens is 196 g/mol. The van der Waals surface area contributed by atoms with E-state index in [0.29, 0.717) is 23.3 Å². The van der Waals surface area contributed by atoms with Crippen molar-refractivity contribution >= 4 is 22.9 Å². The van der Waals surface area contributed by atoms with Crippen molar-refractivity contribution in [3.8, 4) is 0 Å². The van der Waals surface area contributed by atoms with Gasteiger partial charge in [-0.2, -0.15) is 4.99 Å². The lowest BCUT2D eigenvalue weighted by atomic mass is 10.3. The molecule has 0 saturated heterocycles. The summed E-state index contributed by atoms with van der Waals surface area (Å²) in [5.41, 5.74) is 1.59. The van der Waals surface area contributed by atoms with E-state index in [1.165, 1.54) is 10.6 Å². The van der Waals surface area contributed by atoms with Gasteiger partial charge in [0.15, 0.2) is 5.58 Å². The lowest BCUT2D eigenvalue weighted by Gasteiger charge is -1.95. The summed E-state index contributed by atoms with van der Waals surface area (Å²) in [5.74, 6) is -0.403. The summed E-state index contributed by atoms with van der Waals surface area (Å²) >= 11 is 0. The van der Waals surface area contributed by atoms with Crippen LogP contribution in [0.3, 0.4) is 0 Å². The van der Waals surface area contributed by atoms with Crippen molar-refractivity contribution in [2.24, 2.45) is 4.99 Å². The number of hydrogen-bond donors (Lipinski definition) is 0. The van der Waals surface area contributed by atoms with E-state index in [2.05, 4.69) is 4.99 Å². The smallest absolute Gasteiger partial charge is 0.408 e. The lowest BCUT2D eigenvalue weighted by molar-refractivity contribution is 0.513. The van der Waals surface area contributed by atoms with Crippen molar-refractivity contribution in [2.75, 3.05) is 0 Å². The molecule has 0 saturated carbocycles. The van der Waals surface area contributed by atoms with Crippen LogP contribution in [0.15, 0.2) is 32.4 Å². The summed E-state index contributed by atoms with van der Waals surface area (Å²) in [5, 5.41) is 0. The van der Waals surface area contributed by atoms with Crippen LogP contribution in [0.2, 0.25) is 0 Å². The van der Waals surface area contributed by atoms with Gasteiger partial charge in [-0.05, 0) is 25.1 Å². The van der Waals surface area contributed by atoms with Crippen molar-refractivity contribution in [3.05, 3.63) is 28.7 Å². The van der Waals surface area contributed by atoms with Gasteiger partial charge < -0.3 is 4.42 Å². The highest BCUT2D eigenvalue weighted by molar-refractivity contribution is 5.77. The first-order valence-corrected chi connectivity index (χ1v) is 4.47. The zero-order valence-corrected chi connectivity index (χ0v) is 8.06. The summed E-state index contributed by atoms with van der Waals surface area (Å²) in [6, 6.07) is 4.82. The molecule has 0 aliphatic heterocycles. The van der Waals surface area contributed by atoms with Gasteiger partial charge in [-0.3, -0.25) is 4.57 Å². The topological polar surface area (TPSA) is 64.6 Å². The van der Waals surface area contributed by atoms with Gasteiger partial charge in [0.1, 0.15) is 0 Å². The minimum absolute atomic E-state index is 0.403. The number of oxazole rings is 1. The predicted octanol–water partition coefficient (Wildman–Crippen LogP) is 1.58. The minimum atomic E-state index is -0.403. The summed E-state index contributed by atoms with van der Waals surface area (Å²) < 4.78 is 6.46. The van der Waals surface area contributed by atoms with E-state index in [-0.39, 0.29) is 0 Å². The van der Waals surface area contributed by atoms with Crippen molar-refractivity contribution in [1.29, 1.82) is 0 Å². The number of isocyanates is 1. The molecule has 0 spiro atoms. The number of benzene rings is 1. The molecular formula is C10H8N2O3. The van der Waals surface area contributed by atoms with Crippen LogP contribution in [0.1, 0.15) is 6.92 Å². The maximum atomic E-state index is 11.3. The minimum Gasteiger partial charge on any atom is -0.408 e. The first kappa shape index (κ1) is 9.43. The molecule has 76 valence electrons. The molecule has 15 heavy (non-hydrogen) atoms. The molecule has 5 nitrogen and oxygen atoms in total. The Bertz CT molecular complexity index is 603. The average Bonchev–Trinajstić information content (AvgIpc) is 2.53. The number of rotatable bonds is 2. The van der Waals surface area contributed by atoms with E-state index in [0.717, 1.165) is 0 Å². The Kier molecular flexibility index (Phi) is 2.23. The van der Waals surface area contributed by atoms with E-state index >= 15 is 0 Å². The first-order chi connectivity index (χ1) is 7.26. The fourth-order valence-electron chi connectivity index (χ4n) is 1.47. The molecule has 1 aromatic heterocycles. The Balaban J connectivity index is 2.78. The first-order valence-electron chi connectivity index (χ1n) is 4.47. The third-order valence-corrected chi connectivity index (χ3v) is 2.14. The van der Waals surface area contributed by atoms with Gasteiger partial charge in [-0.15, -0.1) is 0 Å². The Hall–Kier alpha value is -2.13. The number of hydrogen-bond acceptors (Lipinski definition) is 4. The highest BCUT2D eigenvalue weighted by atomic mass is 16.4. The molecule has 2 aromatic rings. The number of fused-ring (bicyclic) bond motifs is 1. The molecule has 0 unspecified atom stereocenters. The van der Waals surface area contributed by atoms with E-state index in [9.17, 15) is 9.59 Å². The van der Waals surface area contributed by atoms with E-state index < -0.39 is 5.76 Å². The van der Waals surface area contributed by atoms with Crippen molar-refractivity contribution < 1.29 is 9.21 Å². The van der Waals surface area contributed by atoms with Crippen LogP contribution < -0.4 is 5.76 Å². The number of aromatic nitrogens is 1. The van der Waals surface area contributed by atoms with E-state index in [1.807, 2.05) is 6.92 Å².